The topological polar surface area (TPSA) is 37.3 Å². The van der Waals surface area contributed by atoms with Crippen LogP contribution in [0.1, 0.15) is 12.5 Å². The van der Waals surface area contributed by atoms with Crippen molar-refractivity contribution < 1.29 is 9.90 Å². The summed E-state index contributed by atoms with van der Waals surface area (Å²) in [7, 11) is 0. The molecule has 1 rings (SSSR count). The number of rotatable bonds is 2. The van der Waals surface area contributed by atoms with Crippen LogP contribution >= 0.6 is 11.6 Å². The van der Waals surface area contributed by atoms with E-state index >= 15 is 0 Å². The van der Waals surface area contributed by atoms with Gasteiger partial charge in [-0.05, 0) is 30.7 Å². The smallest absolute Gasteiger partial charge is 0.331 e. The van der Waals surface area contributed by atoms with E-state index in [1.54, 1.807) is 37.3 Å². The summed E-state index contributed by atoms with van der Waals surface area (Å²) in [4.78, 5) is 10.5. The van der Waals surface area contributed by atoms with Crippen LogP contribution in [-0.4, -0.2) is 11.1 Å². The van der Waals surface area contributed by atoms with Crippen LogP contribution in [0.5, 0.6) is 0 Å². The van der Waals surface area contributed by atoms with Crippen molar-refractivity contribution in [1.29, 1.82) is 0 Å². The van der Waals surface area contributed by atoms with Gasteiger partial charge in [0.15, 0.2) is 0 Å². The van der Waals surface area contributed by atoms with Crippen LogP contribution in [0, 0.1) is 0 Å². The zero-order valence-corrected chi connectivity index (χ0v) is 7.88. The van der Waals surface area contributed by atoms with E-state index in [2.05, 4.69) is 0 Å². The van der Waals surface area contributed by atoms with Crippen molar-refractivity contribution in [3.05, 3.63) is 40.4 Å². The van der Waals surface area contributed by atoms with Crippen LogP contribution in [0.25, 0.3) is 6.08 Å². The molecule has 2 nitrogen and oxygen atoms in total. The van der Waals surface area contributed by atoms with Gasteiger partial charge >= 0.3 is 5.97 Å². The first-order chi connectivity index (χ1) is 6.09. The lowest BCUT2D eigenvalue weighted by molar-refractivity contribution is -0.132. The van der Waals surface area contributed by atoms with Crippen LogP contribution in [0.2, 0.25) is 5.02 Å². The van der Waals surface area contributed by atoms with E-state index in [1.165, 1.54) is 0 Å². The highest BCUT2D eigenvalue weighted by Crippen LogP contribution is 2.12. The fourth-order valence-electron chi connectivity index (χ4n) is 0.871. The summed E-state index contributed by atoms with van der Waals surface area (Å²) in [6, 6.07) is 6.99. The third-order valence-electron chi connectivity index (χ3n) is 1.59. The summed E-state index contributed by atoms with van der Waals surface area (Å²) >= 11 is 5.67. The molecule has 0 fully saturated rings. The Labute approximate surface area is 81.5 Å². The largest absolute Gasteiger partial charge is 0.478 e. The first kappa shape index (κ1) is 9.81. The van der Waals surface area contributed by atoms with Crippen LogP contribution in [-0.2, 0) is 4.79 Å². The molecular formula is C10H9ClO2. The summed E-state index contributed by atoms with van der Waals surface area (Å²) in [5, 5.41) is 9.25. The molecule has 13 heavy (non-hydrogen) atoms. The molecule has 0 spiro atoms. The summed E-state index contributed by atoms with van der Waals surface area (Å²) in [6.45, 7) is 1.55. The molecule has 1 aromatic carbocycles. The summed E-state index contributed by atoms with van der Waals surface area (Å²) in [5.41, 5.74) is 1.15. The van der Waals surface area contributed by atoms with Crippen LogP contribution in [0.15, 0.2) is 29.8 Å². The van der Waals surface area contributed by atoms with Gasteiger partial charge in [0.1, 0.15) is 0 Å². The molecule has 3 heteroatoms. The zero-order chi connectivity index (χ0) is 9.84. The van der Waals surface area contributed by atoms with E-state index < -0.39 is 5.97 Å². The van der Waals surface area contributed by atoms with Gasteiger partial charge in [-0.25, -0.2) is 4.79 Å². The van der Waals surface area contributed by atoms with Crippen LogP contribution in [0.4, 0.5) is 0 Å². The number of carbonyl (C=O) groups is 1. The first-order valence-electron chi connectivity index (χ1n) is 3.77. The maximum absolute atomic E-state index is 10.5. The zero-order valence-electron chi connectivity index (χ0n) is 7.12. The number of carboxylic acid groups (broad SMARTS) is 1. The molecule has 0 aliphatic heterocycles. The van der Waals surface area contributed by atoms with Crippen molar-refractivity contribution in [2.75, 3.05) is 0 Å². The van der Waals surface area contributed by atoms with Crippen molar-refractivity contribution in [1.82, 2.24) is 0 Å². The Morgan fingerprint density at radius 2 is 1.92 bits per heavy atom. The molecule has 0 atom stereocenters. The molecule has 0 amide bonds. The van der Waals surface area contributed by atoms with E-state index in [0.717, 1.165) is 5.56 Å². The molecule has 0 unspecified atom stereocenters. The predicted octanol–water partition coefficient (Wildman–Crippen LogP) is 2.83. The lowest BCUT2D eigenvalue weighted by Crippen LogP contribution is -1.95. The number of hydrogen-bond acceptors (Lipinski definition) is 1. The van der Waals surface area contributed by atoms with Gasteiger partial charge < -0.3 is 5.11 Å². The van der Waals surface area contributed by atoms with E-state index in [-0.39, 0.29) is 0 Å². The lowest BCUT2D eigenvalue weighted by Gasteiger charge is -1.95. The van der Waals surface area contributed by atoms with Crippen LogP contribution < -0.4 is 0 Å². The van der Waals surface area contributed by atoms with Crippen molar-refractivity contribution in [3.63, 3.8) is 0 Å². The average Bonchev–Trinajstić information content (AvgIpc) is 2.08. The Kier molecular flexibility index (Phi) is 3.09. The molecule has 1 aromatic rings. The number of aliphatic carboxylic acids is 1. The number of benzene rings is 1. The molecule has 0 aliphatic rings. The average molecular weight is 197 g/mol. The number of halogens is 1. The fourth-order valence-corrected chi connectivity index (χ4v) is 0.997. The van der Waals surface area contributed by atoms with Gasteiger partial charge in [0, 0.05) is 10.6 Å². The second kappa shape index (κ2) is 4.10. The van der Waals surface area contributed by atoms with Gasteiger partial charge in [0.05, 0.1) is 0 Å². The highest BCUT2D eigenvalue weighted by molar-refractivity contribution is 6.30. The molecule has 0 saturated heterocycles. The summed E-state index contributed by atoms with van der Waals surface area (Å²) in [6.07, 6.45) is 1.60. The third-order valence-corrected chi connectivity index (χ3v) is 1.84. The molecule has 0 bridgehead atoms. The fraction of sp³-hybridized carbons (Fsp3) is 0.100. The third kappa shape index (κ3) is 2.92. The molecule has 0 aromatic heterocycles. The Hall–Kier alpha value is -1.28. The molecule has 0 saturated carbocycles. The monoisotopic (exact) mass is 196 g/mol. The van der Waals surface area contributed by atoms with Crippen LogP contribution in [0.3, 0.4) is 0 Å². The highest BCUT2D eigenvalue weighted by Gasteiger charge is 1.98. The molecule has 1 N–H and O–H groups in total. The Balaban J connectivity index is 2.92. The lowest BCUT2D eigenvalue weighted by atomic mass is 10.1. The van der Waals surface area contributed by atoms with Crippen molar-refractivity contribution in [3.8, 4) is 0 Å². The quantitative estimate of drug-likeness (QED) is 0.739. The van der Waals surface area contributed by atoms with E-state index in [1.807, 2.05) is 0 Å². The summed E-state index contributed by atoms with van der Waals surface area (Å²) < 4.78 is 0. The van der Waals surface area contributed by atoms with Gasteiger partial charge in [-0.1, -0.05) is 23.7 Å². The van der Waals surface area contributed by atoms with E-state index in [9.17, 15) is 4.79 Å². The van der Waals surface area contributed by atoms with Gasteiger partial charge in [0.25, 0.3) is 0 Å². The Morgan fingerprint density at radius 3 is 2.38 bits per heavy atom. The Morgan fingerprint density at radius 1 is 1.38 bits per heavy atom. The molecular weight excluding hydrogens is 188 g/mol. The van der Waals surface area contributed by atoms with Gasteiger partial charge in [-0.2, -0.15) is 0 Å². The predicted molar refractivity (Wildman–Crippen MR) is 52.7 cm³/mol. The second-order valence-corrected chi connectivity index (χ2v) is 3.12. The maximum Gasteiger partial charge on any atom is 0.331 e. The van der Waals surface area contributed by atoms with Gasteiger partial charge in [-0.15, -0.1) is 0 Å². The van der Waals surface area contributed by atoms with Gasteiger partial charge in [-0.3, -0.25) is 0 Å². The summed E-state index contributed by atoms with van der Waals surface area (Å²) in [5.74, 6) is -0.907. The first-order valence-corrected chi connectivity index (χ1v) is 4.14. The van der Waals surface area contributed by atoms with Crippen molar-refractivity contribution >= 4 is 23.6 Å². The second-order valence-electron chi connectivity index (χ2n) is 2.68. The molecule has 68 valence electrons. The Bertz CT molecular complexity index is 338. The minimum atomic E-state index is -0.907. The van der Waals surface area contributed by atoms with E-state index in [4.69, 9.17) is 16.7 Å². The van der Waals surface area contributed by atoms with Crippen molar-refractivity contribution in [2.45, 2.75) is 6.92 Å². The molecule has 0 heterocycles. The minimum Gasteiger partial charge on any atom is -0.478 e. The minimum absolute atomic E-state index is 0.308. The van der Waals surface area contributed by atoms with E-state index in [0.29, 0.717) is 10.6 Å². The maximum atomic E-state index is 10.5. The van der Waals surface area contributed by atoms with Crippen molar-refractivity contribution in [2.24, 2.45) is 0 Å². The number of carboxylic acids is 1. The number of hydrogen-bond donors (Lipinski definition) is 1. The van der Waals surface area contributed by atoms with Gasteiger partial charge in [0.2, 0.25) is 0 Å². The molecule has 0 radical (unpaired) electrons. The SMILES string of the molecule is C/C(=C/c1ccc(Cl)cc1)C(=O)O. The highest BCUT2D eigenvalue weighted by atomic mass is 35.5. The standard InChI is InChI=1S/C10H9ClO2/c1-7(10(12)13)6-8-2-4-9(11)5-3-8/h2-6H,1H3,(H,12,13)/b7-6-. The molecule has 0 aliphatic carbocycles. The normalized spacial score (nSPS) is 11.4.